The van der Waals surface area contributed by atoms with Gasteiger partial charge in [0.1, 0.15) is 0 Å². The lowest BCUT2D eigenvalue weighted by Gasteiger charge is -2.15. The highest BCUT2D eigenvalue weighted by atomic mass is 32.2. The number of rotatable bonds is 5. The van der Waals surface area contributed by atoms with Gasteiger partial charge in [-0.05, 0) is 56.2 Å². The van der Waals surface area contributed by atoms with Gasteiger partial charge in [0.15, 0.2) is 0 Å². The van der Waals surface area contributed by atoms with Crippen molar-refractivity contribution < 1.29 is 8.42 Å². The van der Waals surface area contributed by atoms with Crippen LogP contribution in [0.5, 0.6) is 0 Å². The van der Waals surface area contributed by atoms with Crippen molar-refractivity contribution in [2.24, 2.45) is 0 Å². The van der Waals surface area contributed by atoms with Gasteiger partial charge in [-0.1, -0.05) is 0 Å². The van der Waals surface area contributed by atoms with E-state index in [0.717, 1.165) is 18.4 Å². The molecule has 1 aliphatic rings. The molecule has 0 atom stereocenters. The molecule has 19 heavy (non-hydrogen) atoms. The summed E-state index contributed by atoms with van der Waals surface area (Å²) in [7, 11) is -3.48. The molecule has 4 nitrogen and oxygen atoms in total. The maximum atomic E-state index is 12.4. The number of nitrogen functional groups attached to an aromatic ring is 1. The normalized spacial score (nSPS) is 17.4. The molecule has 0 aromatic heterocycles. The Balaban J connectivity index is 2.25. The minimum atomic E-state index is -3.48. The Morgan fingerprint density at radius 2 is 2.00 bits per heavy atom. The van der Waals surface area contributed by atoms with Crippen molar-refractivity contribution in [3.05, 3.63) is 23.3 Å². The molecule has 0 amide bonds. The lowest BCUT2D eigenvalue weighted by atomic mass is 10.1. The molecule has 3 N–H and O–H groups in total. The fourth-order valence-electron chi connectivity index (χ4n) is 2.03. The Morgan fingerprint density at radius 3 is 2.53 bits per heavy atom. The summed E-state index contributed by atoms with van der Waals surface area (Å²) in [6, 6.07) is 3.46. The summed E-state index contributed by atoms with van der Waals surface area (Å²) in [5.41, 5.74) is 7.84. The predicted octanol–water partition coefficient (Wildman–Crippen LogP) is 2.06. The van der Waals surface area contributed by atoms with Gasteiger partial charge in [-0.25, -0.2) is 13.1 Å². The quantitative estimate of drug-likeness (QED) is 0.817. The molecule has 0 radical (unpaired) electrons. The van der Waals surface area contributed by atoms with Crippen molar-refractivity contribution in [2.45, 2.75) is 36.3 Å². The van der Waals surface area contributed by atoms with Crippen LogP contribution in [0.25, 0.3) is 0 Å². The third-order valence-electron chi connectivity index (χ3n) is 3.66. The SMILES string of the molecule is CSC1(CNS(=O)(=O)c2cc(C)cc(N)c2C)CC1. The number of hydrogen-bond acceptors (Lipinski definition) is 4. The summed E-state index contributed by atoms with van der Waals surface area (Å²) in [6.45, 7) is 4.08. The number of aryl methyl sites for hydroxylation is 1. The van der Waals surface area contributed by atoms with Gasteiger partial charge in [-0.3, -0.25) is 0 Å². The first kappa shape index (κ1) is 14.7. The van der Waals surface area contributed by atoms with Crippen molar-refractivity contribution in [3.8, 4) is 0 Å². The Bertz CT molecular complexity index is 593. The first-order chi connectivity index (χ1) is 8.80. The van der Waals surface area contributed by atoms with E-state index >= 15 is 0 Å². The van der Waals surface area contributed by atoms with Gasteiger partial charge in [0.25, 0.3) is 0 Å². The molecule has 6 heteroatoms. The molecule has 0 heterocycles. The molecular formula is C13H20N2O2S2. The Labute approximate surface area is 119 Å². The fraction of sp³-hybridized carbons (Fsp3) is 0.538. The highest BCUT2D eigenvalue weighted by Crippen LogP contribution is 2.46. The minimum Gasteiger partial charge on any atom is -0.398 e. The van der Waals surface area contributed by atoms with Crippen LogP contribution < -0.4 is 10.5 Å². The zero-order valence-electron chi connectivity index (χ0n) is 11.5. The summed E-state index contributed by atoms with van der Waals surface area (Å²) in [5.74, 6) is 0. The molecule has 0 bridgehead atoms. The third kappa shape index (κ3) is 3.07. The molecule has 1 saturated carbocycles. The fourth-order valence-corrected chi connectivity index (χ4v) is 4.33. The van der Waals surface area contributed by atoms with Gasteiger partial charge in [0, 0.05) is 17.0 Å². The van der Waals surface area contributed by atoms with E-state index in [-0.39, 0.29) is 4.75 Å². The Morgan fingerprint density at radius 1 is 1.37 bits per heavy atom. The monoisotopic (exact) mass is 300 g/mol. The lowest BCUT2D eigenvalue weighted by molar-refractivity contribution is 0.579. The first-order valence-corrected chi connectivity index (χ1v) is 8.92. The second kappa shape index (κ2) is 5.00. The number of nitrogens with two attached hydrogens (primary N) is 1. The molecule has 0 saturated heterocycles. The van der Waals surface area contributed by atoms with Crippen LogP contribution in [-0.4, -0.2) is 26.0 Å². The van der Waals surface area contributed by atoms with Gasteiger partial charge >= 0.3 is 0 Å². The van der Waals surface area contributed by atoms with Gasteiger partial charge in [0.2, 0.25) is 10.0 Å². The highest BCUT2D eigenvalue weighted by Gasteiger charge is 2.42. The smallest absolute Gasteiger partial charge is 0.240 e. The van der Waals surface area contributed by atoms with Crippen LogP contribution >= 0.6 is 11.8 Å². The maximum absolute atomic E-state index is 12.4. The molecule has 1 fully saturated rings. The zero-order valence-corrected chi connectivity index (χ0v) is 13.1. The van der Waals surface area contributed by atoms with Crippen LogP contribution in [-0.2, 0) is 10.0 Å². The van der Waals surface area contributed by atoms with E-state index in [1.165, 1.54) is 0 Å². The number of hydrogen-bond donors (Lipinski definition) is 2. The second-order valence-electron chi connectivity index (χ2n) is 5.19. The Kier molecular flexibility index (Phi) is 3.86. The van der Waals surface area contributed by atoms with Gasteiger partial charge in [0.05, 0.1) is 4.90 Å². The maximum Gasteiger partial charge on any atom is 0.240 e. The largest absolute Gasteiger partial charge is 0.398 e. The van der Waals surface area contributed by atoms with E-state index in [1.807, 2.05) is 13.2 Å². The standard InChI is InChI=1S/C13H20N2O2S2/c1-9-6-11(14)10(2)12(7-9)19(16,17)15-8-13(18-3)4-5-13/h6-7,15H,4-5,8,14H2,1-3H3. The molecule has 1 aliphatic carbocycles. The molecule has 106 valence electrons. The topological polar surface area (TPSA) is 72.2 Å². The van der Waals surface area contributed by atoms with Crippen molar-refractivity contribution in [1.29, 1.82) is 0 Å². The van der Waals surface area contributed by atoms with Crippen LogP contribution in [0.1, 0.15) is 24.0 Å². The van der Waals surface area contributed by atoms with E-state index in [4.69, 9.17) is 5.73 Å². The molecule has 0 unspecified atom stereocenters. The van der Waals surface area contributed by atoms with Crippen molar-refractivity contribution in [1.82, 2.24) is 4.72 Å². The molecule has 1 aromatic rings. The summed E-state index contributed by atoms with van der Waals surface area (Å²) >= 11 is 1.73. The van der Waals surface area contributed by atoms with Crippen LogP contribution in [0.2, 0.25) is 0 Å². The first-order valence-electron chi connectivity index (χ1n) is 6.21. The number of thioether (sulfide) groups is 1. The van der Waals surface area contributed by atoms with E-state index in [1.54, 1.807) is 30.8 Å². The van der Waals surface area contributed by atoms with Crippen LogP contribution in [0, 0.1) is 13.8 Å². The minimum absolute atomic E-state index is 0.107. The summed E-state index contributed by atoms with van der Waals surface area (Å²) in [4.78, 5) is 0.293. The molecule has 0 aliphatic heterocycles. The van der Waals surface area contributed by atoms with E-state index in [2.05, 4.69) is 4.72 Å². The van der Waals surface area contributed by atoms with Gasteiger partial charge < -0.3 is 5.73 Å². The lowest BCUT2D eigenvalue weighted by Crippen LogP contribution is -2.32. The average Bonchev–Trinajstić information content (AvgIpc) is 3.12. The molecule has 1 aromatic carbocycles. The van der Waals surface area contributed by atoms with E-state index in [9.17, 15) is 8.42 Å². The van der Waals surface area contributed by atoms with Gasteiger partial charge in [-0.2, -0.15) is 11.8 Å². The van der Waals surface area contributed by atoms with Crippen LogP contribution in [0.3, 0.4) is 0 Å². The number of anilines is 1. The molecular weight excluding hydrogens is 280 g/mol. The average molecular weight is 300 g/mol. The van der Waals surface area contributed by atoms with Gasteiger partial charge in [-0.15, -0.1) is 0 Å². The Hall–Kier alpha value is -0.720. The molecule has 2 rings (SSSR count). The molecule has 0 spiro atoms. The van der Waals surface area contributed by atoms with Crippen LogP contribution in [0.4, 0.5) is 5.69 Å². The van der Waals surface area contributed by atoms with Crippen molar-refractivity contribution >= 4 is 27.5 Å². The van der Waals surface area contributed by atoms with Crippen molar-refractivity contribution in [2.75, 3.05) is 18.5 Å². The summed E-state index contributed by atoms with van der Waals surface area (Å²) < 4.78 is 27.6. The van der Waals surface area contributed by atoms with E-state index < -0.39 is 10.0 Å². The number of benzene rings is 1. The van der Waals surface area contributed by atoms with Crippen molar-refractivity contribution in [3.63, 3.8) is 0 Å². The third-order valence-corrected chi connectivity index (χ3v) is 6.61. The highest BCUT2D eigenvalue weighted by molar-refractivity contribution is 8.00. The number of sulfonamides is 1. The number of nitrogens with one attached hydrogen (secondary N) is 1. The second-order valence-corrected chi connectivity index (χ2v) is 8.20. The van der Waals surface area contributed by atoms with Crippen LogP contribution in [0.15, 0.2) is 17.0 Å². The zero-order chi connectivity index (χ0) is 14.3. The summed E-state index contributed by atoms with van der Waals surface area (Å²) in [5, 5.41) is 0. The van der Waals surface area contributed by atoms with E-state index in [0.29, 0.717) is 22.7 Å². The predicted molar refractivity (Wildman–Crippen MR) is 81.0 cm³/mol. The summed E-state index contributed by atoms with van der Waals surface area (Å²) in [6.07, 6.45) is 4.18.